The molecule has 0 amide bonds. The highest BCUT2D eigenvalue weighted by molar-refractivity contribution is 6.07. The van der Waals surface area contributed by atoms with Gasteiger partial charge in [0.2, 0.25) is 5.43 Å². The fraction of sp³-hybridized carbons (Fsp3) is 0.143. The Hall–Kier alpha value is -3.35. The van der Waals surface area contributed by atoms with Crippen molar-refractivity contribution in [2.45, 2.75) is 13.1 Å². The van der Waals surface area contributed by atoms with E-state index in [0.29, 0.717) is 11.1 Å². The fourth-order valence-corrected chi connectivity index (χ4v) is 3.32. The Morgan fingerprint density at radius 2 is 1.93 bits per heavy atom. The maximum Gasteiger partial charge on any atom is 0.418 e. The number of aryl methyl sites for hydroxylation is 1. The van der Waals surface area contributed by atoms with Gasteiger partial charge in [-0.05, 0) is 48.2 Å². The zero-order chi connectivity index (χ0) is 20.1. The molecule has 0 saturated carbocycles. The van der Waals surface area contributed by atoms with E-state index in [1.54, 1.807) is 18.2 Å². The molecule has 2 aromatic heterocycles. The van der Waals surface area contributed by atoms with Gasteiger partial charge in [0, 0.05) is 11.6 Å². The van der Waals surface area contributed by atoms with E-state index >= 15 is 0 Å². The van der Waals surface area contributed by atoms with Crippen molar-refractivity contribution < 1.29 is 22.3 Å². The Balaban J connectivity index is 2.10. The minimum Gasteiger partial charge on any atom is -0.496 e. The first-order valence-electron chi connectivity index (χ1n) is 8.36. The number of halogens is 3. The molecule has 0 aliphatic heterocycles. The SMILES string of the molecule is COc1cc2c(ccc3occ(-c4ncccc4C(F)(F)F)c(=O)c32)cc1C. The second-order valence-corrected chi connectivity index (χ2v) is 6.36. The Labute approximate surface area is 157 Å². The molecule has 4 rings (SSSR count). The molecule has 0 atom stereocenters. The minimum absolute atomic E-state index is 0.187. The Morgan fingerprint density at radius 3 is 2.64 bits per heavy atom. The van der Waals surface area contributed by atoms with E-state index in [9.17, 15) is 18.0 Å². The van der Waals surface area contributed by atoms with Crippen LogP contribution in [0.5, 0.6) is 5.75 Å². The molecule has 4 nitrogen and oxygen atoms in total. The second-order valence-electron chi connectivity index (χ2n) is 6.36. The zero-order valence-electron chi connectivity index (χ0n) is 14.9. The van der Waals surface area contributed by atoms with Gasteiger partial charge in [-0.25, -0.2) is 0 Å². The van der Waals surface area contributed by atoms with Crippen LogP contribution in [0.4, 0.5) is 13.2 Å². The lowest BCUT2D eigenvalue weighted by Crippen LogP contribution is -2.13. The van der Waals surface area contributed by atoms with Crippen molar-refractivity contribution in [2.24, 2.45) is 0 Å². The van der Waals surface area contributed by atoms with Gasteiger partial charge in [-0.2, -0.15) is 13.2 Å². The second kappa shape index (κ2) is 6.37. The van der Waals surface area contributed by atoms with Crippen LogP contribution in [-0.2, 0) is 6.18 Å². The molecule has 0 saturated heterocycles. The molecule has 7 heteroatoms. The summed E-state index contributed by atoms with van der Waals surface area (Å²) in [4.78, 5) is 17.0. The Kier molecular flexibility index (Phi) is 4.10. The van der Waals surface area contributed by atoms with Crippen molar-refractivity contribution in [1.29, 1.82) is 0 Å². The van der Waals surface area contributed by atoms with Crippen molar-refractivity contribution in [3.63, 3.8) is 0 Å². The van der Waals surface area contributed by atoms with Gasteiger partial charge in [0.25, 0.3) is 0 Å². The van der Waals surface area contributed by atoms with Crippen molar-refractivity contribution >= 4 is 21.7 Å². The van der Waals surface area contributed by atoms with Crippen LogP contribution in [-0.4, -0.2) is 12.1 Å². The average Bonchev–Trinajstić information content (AvgIpc) is 2.66. The molecule has 0 N–H and O–H groups in total. The van der Waals surface area contributed by atoms with Gasteiger partial charge in [-0.15, -0.1) is 0 Å². The van der Waals surface area contributed by atoms with E-state index in [0.717, 1.165) is 23.3 Å². The number of alkyl halides is 3. The van der Waals surface area contributed by atoms with E-state index in [1.807, 2.05) is 13.0 Å². The molecule has 0 fully saturated rings. The van der Waals surface area contributed by atoms with Crippen molar-refractivity contribution in [3.05, 3.63) is 70.2 Å². The third kappa shape index (κ3) is 2.79. The Bertz CT molecular complexity index is 1280. The third-order valence-corrected chi connectivity index (χ3v) is 4.64. The van der Waals surface area contributed by atoms with Gasteiger partial charge in [0.15, 0.2) is 0 Å². The number of benzene rings is 2. The van der Waals surface area contributed by atoms with Gasteiger partial charge in [-0.1, -0.05) is 6.07 Å². The van der Waals surface area contributed by atoms with Crippen molar-refractivity contribution in [1.82, 2.24) is 4.98 Å². The van der Waals surface area contributed by atoms with Gasteiger partial charge in [-0.3, -0.25) is 9.78 Å². The maximum atomic E-state index is 13.4. The lowest BCUT2D eigenvalue weighted by Gasteiger charge is -2.12. The number of fused-ring (bicyclic) bond motifs is 3. The van der Waals surface area contributed by atoms with Gasteiger partial charge in [0.05, 0.1) is 29.3 Å². The molecule has 0 aliphatic rings. The number of aromatic nitrogens is 1. The number of pyridine rings is 1. The summed E-state index contributed by atoms with van der Waals surface area (Å²) in [7, 11) is 1.51. The number of rotatable bonds is 2. The summed E-state index contributed by atoms with van der Waals surface area (Å²) in [5.41, 5.74) is -1.12. The summed E-state index contributed by atoms with van der Waals surface area (Å²) in [6, 6.07) is 9.02. The van der Waals surface area contributed by atoms with Crippen LogP contribution in [0.1, 0.15) is 11.1 Å². The van der Waals surface area contributed by atoms with Gasteiger partial charge in [0.1, 0.15) is 17.6 Å². The predicted octanol–water partition coefficient (Wildman–Crippen LogP) is 5.34. The summed E-state index contributed by atoms with van der Waals surface area (Å²) in [6.45, 7) is 1.87. The minimum atomic E-state index is -4.65. The first kappa shape index (κ1) is 18.0. The topological polar surface area (TPSA) is 52.3 Å². The van der Waals surface area contributed by atoms with Crippen molar-refractivity contribution in [2.75, 3.05) is 7.11 Å². The molecular weight excluding hydrogens is 371 g/mol. The van der Waals surface area contributed by atoms with Crippen LogP contribution in [0.3, 0.4) is 0 Å². The molecule has 0 bridgehead atoms. The summed E-state index contributed by atoms with van der Waals surface area (Å²) in [5, 5.41) is 1.49. The standard InChI is InChI=1S/C21H14F3NO3/c1-11-8-12-5-6-16-18(13(12)9-17(11)27-2)20(26)14(10-28-16)19-15(21(22,23)24)4-3-7-25-19/h3-10H,1-2H3. The van der Waals surface area contributed by atoms with Crippen LogP contribution in [0.25, 0.3) is 33.0 Å². The van der Waals surface area contributed by atoms with E-state index in [4.69, 9.17) is 9.15 Å². The number of hydrogen-bond acceptors (Lipinski definition) is 4. The molecule has 28 heavy (non-hydrogen) atoms. The molecule has 4 aromatic rings. The summed E-state index contributed by atoms with van der Waals surface area (Å²) in [5.74, 6) is 0.568. The third-order valence-electron chi connectivity index (χ3n) is 4.64. The zero-order valence-corrected chi connectivity index (χ0v) is 14.9. The van der Waals surface area contributed by atoms with Crippen LogP contribution < -0.4 is 10.2 Å². The van der Waals surface area contributed by atoms with Crippen LogP contribution in [0.15, 0.2) is 58.1 Å². The molecule has 0 spiro atoms. The van der Waals surface area contributed by atoms with E-state index in [2.05, 4.69) is 4.98 Å². The molecule has 142 valence electrons. The number of hydrogen-bond donors (Lipinski definition) is 0. The van der Waals surface area contributed by atoms with Crippen LogP contribution >= 0.6 is 0 Å². The highest BCUT2D eigenvalue weighted by Crippen LogP contribution is 2.36. The van der Waals surface area contributed by atoms with E-state index in [1.165, 1.54) is 19.4 Å². The highest BCUT2D eigenvalue weighted by atomic mass is 19.4. The average molecular weight is 385 g/mol. The number of nitrogens with zero attached hydrogens (tertiary/aromatic N) is 1. The smallest absolute Gasteiger partial charge is 0.418 e. The van der Waals surface area contributed by atoms with E-state index in [-0.39, 0.29) is 16.5 Å². The monoisotopic (exact) mass is 385 g/mol. The molecule has 2 heterocycles. The number of methoxy groups -OCH3 is 1. The van der Waals surface area contributed by atoms with E-state index < -0.39 is 22.9 Å². The summed E-state index contributed by atoms with van der Waals surface area (Å²) >= 11 is 0. The molecule has 0 aliphatic carbocycles. The quantitative estimate of drug-likeness (QED) is 0.437. The molecular formula is C21H14F3NO3. The van der Waals surface area contributed by atoms with Gasteiger partial charge < -0.3 is 9.15 Å². The highest BCUT2D eigenvalue weighted by Gasteiger charge is 2.35. The first-order chi connectivity index (χ1) is 13.3. The lowest BCUT2D eigenvalue weighted by molar-refractivity contribution is -0.137. The summed E-state index contributed by atoms with van der Waals surface area (Å²) < 4.78 is 51.0. The lowest BCUT2D eigenvalue weighted by atomic mass is 9.99. The normalized spacial score (nSPS) is 11.9. The Morgan fingerprint density at radius 1 is 1.14 bits per heavy atom. The predicted molar refractivity (Wildman–Crippen MR) is 99.5 cm³/mol. The number of ether oxygens (including phenoxy) is 1. The largest absolute Gasteiger partial charge is 0.496 e. The molecule has 0 radical (unpaired) electrons. The summed E-state index contributed by atoms with van der Waals surface area (Å²) in [6.07, 6.45) is -2.41. The van der Waals surface area contributed by atoms with Crippen LogP contribution in [0, 0.1) is 6.92 Å². The van der Waals surface area contributed by atoms with Crippen molar-refractivity contribution in [3.8, 4) is 17.0 Å². The maximum absolute atomic E-state index is 13.4. The first-order valence-corrected chi connectivity index (χ1v) is 8.36. The van der Waals surface area contributed by atoms with Crippen LogP contribution in [0.2, 0.25) is 0 Å². The van der Waals surface area contributed by atoms with Gasteiger partial charge >= 0.3 is 6.18 Å². The fourth-order valence-electron chi connectivity index (χ4n) is 3.32. The molecule has 2 aromatic carbocycles. The molecule has 0 unspecified atom stereocenters.